The standard InChI is InChI=1S/C27H33F2N/c1-4-6-23(17-25(28)15-21-8-7-19(3)26(29)16-21)27-14-13-24(18-30-27)22-11-9-20(5-2)10-12-22/h4-6,13-14,16-22H,1-2,7-12,15H2,3H3/b23-6+,25-17+. The summed E-state index contributed by atoms with van der Waals surface area (Å²) in [6, 6.07) is 4.08. The topological polar surface area (TPSA) is 12.9 Å². The molecule has 3 rings (SSSR count). The molecule has 0 amide bonds. The van der Waals surface area contributed by atoms with Gasteiger partial charge in [0.2, 0.25) is 0 Å². The van der Waals surface area contributed by atoms with Crippen LogP contribution in [-0.2, 0) is 0 Å². The predicted molar refractivity (Wildman–Crippen MR) is 122 cm³/mol. The number of allylic oxidation sites excluding steroid dienone is 8. The molecule has 2 atom stereocenters. The lowest BCUT2D eigenvalue weighted by Crippen LogP contribution is -2.11. The summed E-state index contributed by atoms with van der Waals surface area (Å²) in [4.78, 5) is 4.61. The molecular formula is C27H33F2N. The Morgan fingerprint density at radius 2 is 1.90 bits per heavy atom. The van der Waals surface area contributed by atoms with Crippen LogP contribution in [0.3, 0.4) is 0 Å². The van der Waals surface area contributed by atoms with Crippen LogP contribution in [-0.4, -0.2) is 4.98 Å². The van der Waals surface area contributed by atoms with Crippen molar-refractivity contribution in [3.63, 3.8) is 0 Å². The zero-order valence-electron chi connectivity index (χ0n) is 18.0. The second-order valence-electron chi connectivity index (χ2n) is 8.77. The zero-order valence-corrected chi connectivity index (χ0v) is 18.0. The van der Waals surface area contributed by atoms with Gasteiger partial charge in [-0.1, -0.05) is 37.8 Å². The van der Waals surface area contributed by atoms with Gasteiger partial charge in [0.15, 0.2) is 0 Å². The van der Waals surface area contributed by atoms with Crippen molar-refractivity contribution in [1.29, 1.82) is 0 Å². The summed E-state index contributed by atoms with van der Waals surface area (Å²) < 4.78 is 28.5. The van der Waals surface area contributed by atoms with Crippen LogP contribution in [0, 0.1) is 17.8 Å². The first-order valence-corrected chi connectivity index (χ1v) is 11.1. The molecule has 3 heteroatoms. The number of aromatic nitrogens is 1. The van der Waals surface area contributed by atoms with Gasteiger partial charge in [-0.25, -0.2) is 8.78 Å². The Hall–Kier alpha value is -2.29. The highest BCUT2D eigenvalue weighted by atomic mass is 19.1. The molecule has 2 aliphatic rings. The van der Waals surface area contributed by atoms with E-state index < -0.39 is 0 Å². The van der Waals surface area contributed by atoms with Crippen LogP contribution in [0.1, 0.15) is 69.0 Å². The van der Waals surface area contributed by atoms with Gasteiger partial charge < -0.3 is 0 Å². The molecule has 0 spiro atoms. The first kappa shape index (κ1) is 22.4. The molecule has 1 nitrogen and oxygen atoms in total. The SMILES string of the molecule is C=C/C=C(\C=C(\F)CC1C=C(F)C(C)CC1)c1ccc(C2CCC(C=C)CC2)cn1. The largest absolute Gasteiger partial charge is 0.256 e. The number of halogens is 2. The van der Waals surface area contributed by atoms with Gasteiger partial charge in [-0.15, -0.1) is 6.58 Å². The minimum Gasteiger partial charge on any atom is -0.256 e. The molecule has 1 saturated carbocycles. The Bertz CT molecular complexity index is 823. The molecule has 1 heterocycles. The van der Waals surface area contributed by atoms with E-state index in [9.17, 15) is 8.78 Å². The van der Waals surface area contributed by atoms with Crippen LogP contribution in [0.15, 0.2) is 73.5 Å². The molecular weight excluding hydrogens is 376 g/mol. The van der Waals surface area contributed by atoms with E-state index in [1.165, 1.54) is 24.5 Å². The molecule has 1 fully saturated rings. The first-order valence-electron chi connectivity index (χ1n) is 11.1. The summed E-state index contributed by atoms with van der Waals surface area (Å²) in [5, 5.41) is 0. The van der Waals surface area contributed by atoms with Gasteiger partial charge in [0.25, 0.3) is 0 Å². The fraction of sp³-hybridized carbons (Fsp3) is 0.444. The molecule has 0 bridgehead atoms. The van der Waals surface area contributed by atoms with E-state index in [0.717, 1.165) is 31.4 Å². The van der Waals surface area contributed by atoms with Gasteiger partial charge in [-0.05, 0) is 80.1 Å². The highest BCUT2D eigenvalue weighted by Gasteiger charge is 2.22. The second-order valence-corrected chi connectivity index (χ2v) is 8.77. The Morgan fingerprint density at radius 1 is 1.13 bits per heavy atom. The maximum absolute atomic E-state index is 14.7. The summed E-state index contributed by atoms with van der Waals surface area (Å²) in [6.45, 7) is 9.54. The summed E-state index contributed by atoms with van der Waals surface area (Å²) in [5.41, 5.74) is 2.67. The molecule has 0 saturated heterocycles. The Morgan fingerprint density at radius 3 is 2.50 bits per heavy atom. The molecule has 160 valence electrons. The van der Waals surface area contributed by atoms with Crippen molar-refractivity contribution in [2.24, 2.45) is 17.8 Å². The summed E-state index contributed by atoms with van der Waals surface area (Å²) in [7, 11) is 0. The van der Waals surface area contributed by atoms with Gasteiger partial charge in [-0.3, -0.25) is 4.98 Å². The third kappa shape index (κ3) is 5.87. The average Bonchev–Trinajstić information content (AvgIpc) is 2.76. The van der Waals surface area contributed by atoms with E-state index in [4.69, 9.17) is 0 Å². The quantitative estimate of drug-likeness (QED) is 0.326. The summed E-state index contributed by atoms with van der Waals surface area (Å²) >= 11 is 0. The predicted octanol–water partition coefficient (Wildman–Crippen LogP) is 8.25. The zero-order chi connectivity index (χ0) is 21.5. The van der Waals surface area contributed by atoms with Crippen LogP contribution in [0.25, 0.3) is 5.57 Å². The minimum atomic E-state index is -0.250. The molecule has 1 aromatic heterocycles. The number of rotatable bonds is 7. The fourth-order valence-electron chi connectivity index (χ4n) is 4.55. The monoisotopic (exact) mass is 409 g/mol. The maximum Gasteiger partial charge on any atom is 0.101 e. The van der Waals surface area contributed by atoms with Crippen molar-refractivity contribution in [3.8, 4) is 0 Å². The average molecular weight is 410 g/mol. The van der Waals surface area contributed by atoms with Crippen LogP contribution < -0.4 is 0 Å². The Labute approximate surface area is 180 Å². The molecule has 0 aromatic carbocycles. The van der Waals surface area contributed by atoms with Crippen molar-refractivity contribution in [1.82, 2.24) is 4.98 Å². The summed E-state index contributed by atoms with van der Waals surface area (Å²) in [5.74, 6) is 0.694. The molecule has 2 aliphatic carbocycles. The highest BCUT2D eigenvalue weighted by molar-refractivity contribution is 5.73. The van der Waals surface area contributed by atoms with Gasteiger partial charge in [0.05, 0.1) is 11.5 Å². The number of nitrogens with zero attached hydrogens (tertiary/aromatic N) is 1. The highest BCUT2D eigenvalue weighted by Crippen LogP contribution is 2.36. The lowest BCUT2D eigenvalue weighted by atomic mass is 9.79. The molecule has 0 aliphatic heterocycles. The van der Waals surface area contributed by atoms with E-state index >= 15 is 0 Å². The smallest absolute Gasteiger partial charge is 0.101 e. The molecule has 2 unspecified atom stereocenters. The number of hydrogen-bond donors (Lipinski definition) is 0. The molecule has 30 heavy (non-hydrogen) atoms. The molecule has 1 aromatic rings. The lowest BCUT2D eigenvalue weighted by Gasteiger charge is -2.26. The van der Waals surface area contributed by atoms with E-state index in [-0.39, 0.29) is 29.9 Å². The van der Waals surface area contributed by atoms with Crippen molar-refractivity contribution in [2.45, 2.75) is 57.8 Å². The first-order chi connectivity index (χ1) is 14.5. The Kier molecular flexibility index (Phi) is 7.95. The van der Waals surface area contributed by atoms with Crippen LogP contribution in [0.5, 0.6) is 0 Å². The van der Waals surface area contributed by atoms with Gasteiger partial charge in [0.1, 0.15) is 5.83 Å². The van der Waals surface area contributed by atoms with Crippen molar-refractivity contribution >= 4 is 5.57 Å². The van der Waals surface area contributed by atoms with Gasteiger partial charge in [-0.2, -0.15) is 0 Å². The molecule has 0 radical (unpaired) electrons. The van der Waals surface area contributed by atoms with E-state index in [2.05, 4.69) is 30.3 Å². The molecule has 0 N–H and O–H groups in total. The summed E-state index contributed by atoms with van der Waals surface area (Å²) in [6.07, 6.45) is 17.0. The van der Waals surface area contributed by atoms with Gasteiger partial charge >= 0.3 is 0 Å². The van der Waals surface area contributed by atoms with Crippen molar-refractivity contribution in [2.75, 3.05) is 0 Å². The number of pyridine rings is 1. The number of hydrogen-bond acceptors (Lipinski definition) is 1. The lowest BCUT2D eigenvalue weighted by molar-refractivity contribution is 0.369. The van der Waals surface area contributed by atoms with Crippen LogP contribution in [0.2, 0.25) is 0 Å². The normalized spacial score (nSPS) is 28.0. The fourth-order valence-corrected chi connectivity index (χ4v) is 4.55. The third-order valence-electron chi connectivity index (χ3n) is 6.56. The maximum atomic E-state index is 14.7. The van der Waals surface area contributed by atoms with E-state index in [1.807, 2.05) is 19.2 Å². The third-order valence-corrected chi connectivity index (χ3v) is 6.56. The minimum absolute atomic E-state index is 0.0425. The van der Waals surface area contributed by atoms with Gasteiger partial charge in [0, 0.05) is 24.1 Å². The van der Waals surface area contributed by atoms with Crippen LogP contribution >= 0.6 is 0 Å². The second kappa shape index (κ2) is 10.7. The van der Waals surface area contributed by atoms with Crippen LogP contribution in [0.4, 0.5) is 8.78 Å². The van der Waals surface area contributed by atoms with Crippen molar-refractivity contribution in [3.05, 3.63) is 84.8 Å². The van der Waals surface area contributed by atoms with E-state index in [1.54, 1.807) is 18.2 Å². The van der Waals surface area contributed by atoms with E-state index in [0.29, 0.717) is 17.4 Å². The Balaban J connectivity index is 1.68. The van der Waals surface area contributed by atoms with Crippen molar-refractivity contribution < 1.29 is 8.78 Å².